The van der Waals surface area contributed by atoms with Gasteiger partial charge in [-0.3, -0.25) is 4.79 Å². The highest BCUT2D eigenvalue weighted by atomic mass is 32.1. The maximum absolute atomic E-state index is 12.1. The van der Waals surface area contributed by atoms with Gasteiger partial charge in [-0.1, -0.05) is 0 Å². The van der Waals surface area contributed by atoms with E-state index in [4.69, 9.17) is 0 Å². The lowest BCUT2D eigenvalue weighted by Gasteiger charge is -2.08. The first-order chi connectivity index (χ1) is 11.1. The van der Waals surface area contributed by atoms with Gasteiger partial charge < -0.3 is 15.4 Å². The molecule has 1 fully saturated rings. The Morgan fingerprint density at radius 1 is 1.39 bits per heavy atom. The smallest absolute Gasteiger partial charge is 0.387 e. The Bertz CT molecular complexity index is 670. The predicted molar refractivity (Wildman–Crippen MR) is 83.8 cm³/mol. The Labute approximate surface area is 135 Å². The van der Waals surface area contributed by atoms with Crippen LogP contribution in [0.5, 0.6) is 5.75 Å². The molecule has 23 heavy (non-hydrogen) atoms. The maximum Gasteiger partial charge on any atom is 0.387 e. The van der Waals surface area contributed by atoms with Crippen LogP contribution in [-0.2, 0) is 4.79 Å². The highest BCUT2D eigenvalue weighted by Gasteiger charge is 2.22. The molecule has 122 valence electrons. The third kappa shape index (κ3) is 4.02. The van der Waals surface area contributed by atoms with Crippen LogP contribution in [0, 0.1) is 0 Å². The number of amides is 1. The minimum atomic E-state index is -2.84. The Morgan fingerprint density at radius 2 is 2.17 bits per heavy atom. The second kappa shape index (κ2) is 7.01. The van der Waals surface area contributed by atoms with Crippen LogP contribution < -0.4 is 15.4 Å². The number of thiazole rings is 1. The fraction of sp³-hybridized carbons (Fsp3) is 0.333. The number of carbonyl (C=O) groups is 1. The van der Waals surface area contributed by atoms with Crippen molar-refractivity contribution >= 4 is 22.4 Å². The van der Waals surface area contributed by atoms with Crippen molar-refractivity contribution < 1.29 is 18.3 Å². The van der Waals surface area contributed by atoms with Gasteiger partial charge in [-0.2, -0.15) is 8.78 Å². The van der Waals surface area contributed by atoms with Crippen LogP contribution >= 0.6 is 11.3 Å². The second-order valence-electron chi connectivity index (χ2n) is 5.08. The molecule has 0 aliphatic carbocycles. The molecular weight excluding hydrogens is 324 g/mol. The number of anilines is 1. The molecule has 1 aromatic carbocycles. The average Bonchev–Trinajstić information content (AvgIpc) is 3.18. The standard InChI is InChI=1S/C15H15F2N3O2S/c16-14(17)22-10-5-3-9(4-6-10)12-8-23-15(19-12)20-13(21)11-2-1-7-18-11/h3-6,8,11,14,18H,1-2,7H2,(H,19,20,21). The third-order valence-electron chi connectivity index (χ3n) is 3.49. The van der Waals surface area contributed by atoms with Crippen molar-refractivity contribution in [2.24, 2.45) is 0 Å². The molecular formula is C15H15F2N3O2S. The van der Waals surface area contributed by atoms with E-state index < -0.39 is 6.61 Å². The highest BCUT2D eigenvalue weighted by molar-refractivity contribution is 7.14. The van der Waals surface area contributed by atoms with Gasteiger partial charge in [0.15, 0.2) is 5.13 Å². The molecule has 1 saturated heterocycles. The molecule has 1 aromatic heterocycles. The summed E-state index contributed by atoms with van der Waals surface area (Å²) in [6.45, 7) is -1.99. The van der Waals surface area contributed by atoms with Gasteiger partial charge in [-0.15, -0.1) is 11.3 Å². The van der Waals surface area contributed by atoms with E-state index in [0.29, 0.717) is 10.8 Å². The molecule has 2 N–H and O–H groups in total. The predicted octanol–water partition coefficient (Wildman–Crippen LogP) is 3.10. The number of aromatic nitrogens is 1. The molecule has 2 heterocycles. The Balaban J connectivity index is 1.65. The Hall–Kier alpha value is -2.06. The number of halogens is 2. The van der Waals surface area contributed by atoms with E-state index in [2.05, 4.69) is 20.4 Å². The van der Waals surface area contributed by atoms with Crippen molar-refractivity contribution in [3.8, 4) is 17.0 Å². The van der Waals surface area contributed by atoms with Crippen molar-refractivity contribution in [1.82, 2.24) is 10.3 Å². The van der Waals surface area contributed by atoms with E-state index in [1.54, 1.807) is 17.5 Å². The first-order valence-electron chi connectivity index (χ1n) is 7.17. The van der Waals surface area contributed by atoms with Gasteiger partial charge in [-0.25, -0.2) is 4.98 Å². The molecule has 5 nitrogen and oxygen atoms in total. The molecule has 0 saturated carbocycles. The van der Waals surface area contributed by atoms with Gasteiger partial charge in [0, 0.05) is 10.9 Å². The summed E-state index contributed by atoms with van der Waals surface area (Å²) in [7, 11) is 0. The summed E-state index contributed by atoms with van der Waals surface area (Å²) < 4.78 is 28.5. The van der Waals surface area contributed by atoms with Crippen LogP contribution in [-0.4, -0.2) is 30.1 Å². The summed E-state index contributed by atoms with van der Waals surface area (Å²) in [5, 5.41) is 8.25. The average molecular weight is 339 g/mol. The summed E-state index contributed by atoms with van der Waals surface area (Å²) in [4.78, 5) is 16.4. The van der Waals surface area contributed by atoms with E-state index in [1.165, 1.54) is 23.5 Å². The number of ether oxygens (including phenoxy) is 1. The zero-order valence-electron chi connectivity index (χ0n) is 12.1. The lowest BCUT2D eigenvalue weighted by molar-refractivity contribution is -0.117. The van der Waals surface area contributed by atoms with Gasteiger partial charge in [-0.05, 0) is 43.7 Å². The lowest BCUT2D eigenvalue weighted by atomic mass is 10.2. The number of nitrogens with zero attached hydrogens (tertiary/aromatic N) is 1. The highest BCUT2D eigenvalue weighted by Crippen LogP contribution is 2.27. The molecule has 1 aliphatic heterocycles. The fourth-order valence-electron chi connectivity index (χ4n) is 2.37. The molecule has 1 atom stereocenters. The molecule has 0 spiro atoms. The summed E-state index contributed by atoms with van der Waals surface area (Å²) in [5.74, 6) is 0.0175. The summed E-state index contributed by atoms with van der Waals surface area (Å²) in [6.07, 6.45) is 1.82. The Kier molecular flexibility index (Phi) is 4.82. The summed E-state index contributed by atoms with van der Waals surface area (Å²) in [5.41, 5.74) is 1.44. The van der Waals surface area contributed by atoms with Crippen LogP contribution in [0.15, 0.2) is 29.6 Å². The fourth-order valence-corrected chi connectivity index (χ4v) is 3.09. The molecule has 1 amide bonds. The van der Waals surface area contributed by atoms with Crippen LogP contribution in [0.2, 0.25) is 0 Å². The third-order valence-corrected chi connectivity index (χ3v) is 4.24. The number of alkyl halides is 2. The molecule has 1 unspecified atom stereocenters. The van der Waals surface area contributed by atoms with Crippen molar-refractivity contribution in [1.29, 1.82) is 0 Å². The van der Waals surface area contributed by atoms with Crippen LogP contribution in [0.4, 0.5) is 13.9 Å². The van der Waals surface area contributed by atoms with Gasteiger partial charge in [0.05, 0.1) is 11.7 Å². The monoisotopic (exact) mass is 339 g/mol. The first kappa shape index (κ1) is 15.8. The first-order valence-corrected chi connectivity index (χ1v) is 8.05. The molecule has 8 heteroatoms. The number of hydrogen-bond acceptors (Lipinski definition) is 5. The van der Waals surface area contributed by atoms with Crippen LogP contribution in [0.1, 0.15) is 12.8 Å². The van der Waals surface area contributed by atoms with Gasteiger partial charge in [0.2, 0.25) is 5.91 Å². The van der Waals surface area contributed by atoms with Gasteiger partial charge >= 0.3 is 6.61 Å². The van der Waals surface area contributed by atoms with Crippen molar-refractivity contribution in [3.63, 3.8) is 0 Å². The van der Waals surface area contributed by atoms with E-state index in [9.17, 15) is 13.6 Å². The van der Waals surface area contributed by atoms with Gasteiger partial charge in [0.25, 0.3) is 0 Å². The van der Waals surface area contributed by atoms with Crippen LogP contribution in [0.3, 0.4) is 0 Å². The van der Waals surface area contributed by atoms with Crippen molar-refractivity contribution in [2.75, 3.05) is 11.9 Å². The normalized spacial score (nSPS) is 17.4. The number of hydrogen-bond donors (Lipinski definition) is 2. The minimum Gasteiger partial charge on any atom is -0.435 e. The van der Waals surface area contributed by atoms with E-state index in [0.717, 1.165) is 24.9 Å². The Morgan fingerprint density at radius 3 is 2.83 bits per heavy atom. The maximum atomic E-state index is 12.1. The summed E-state index contributed by atoms with van der Waals surface area (Å²) in [6, 6.07) is 6.06. The molecule has 2 aromatic rings. The quantitative estimate of drug-likeness (QED) is 0.879. The zero-order valence-corrected chi connectivity index (χ0v) is 12.9. The van der Waals surface area contributed by atoms with Crippen LogP contribution in [0.25, 0.3) is 11.3 Å². The summed E-state index contributed by atoms with van der Waals surface area (Å²) >= 11 is 1.32. The minimum absolute atomic E-state index is 0.0796. The molecule has 1 aliphatic rings. The molecule has 0 bridgehead atoms. The van der Waals surface area contributed by atoms with Crippen molar-refractivity contribution in [2.45, 2.75) is 25.5 Å². The molecule has 3 rings (SSSR count). The van der Waals surface area contributed by atoms with Gasteiger partial charge in [0.1, 0.15) is 5.75 Å². The SMILES string of the molecule is O=C(Nc1nc(-c2ccc(OC(F)F)cc2)cs1)C1CCCN1. The second-order valence-corrected chi connectivity index (χ2v) is 5.94. The number of benzene rings is 1. The van der Waals surface area contributed by atoms with E-state index in [1.807, 2.05) is 0 Å². The zero-order chi connectivity index (χ0) is 16.2. The molecule has 0 radical (unpaired) electrons. The largest absolute Gasteiger partial charge is 0.435 e. The van der Waals surface area contributed by atoms with Crippen molar-refractivity contribution in [3.05, 3.63) is 29.6 Å². The lowest BCUT2D eigenvalue weighted by Crippen LogP contribution is -2.35. The number of rotatable bonds is 5. The van der Waals surface area contributed by atoms with E-state index in [-0.39, 0.29) is 17.7 Å². The topological polar surface area (TPSA) is 63.2 Å². The number of nitrogens with one attached hydrogen (secondary N) is 2. The number of carbonyl (C=O) groups excluding carboxylic acids is 1. The van der Waals surface area contributed by atoms with E-state index >= 15 is 0 Å².